The molecule has 1 nitrogen and oxygen atoms in total. The molecule has 14 heavy (non-hydrogen) atoms. The van der Waals surface area contributed by atoms with E-state index in [0.717, 1.165) is 10.5 Å². The summed E-state index contributed by atoms with van der Waals surface area (Å²) in [5.74, 6) is 0. The molecule has 0 saturated carbocycles. The smallest absolute Gasteiger partial charge is 0.0458 e. The van der Waals surface area contributed by atoms with Gasteiger partial charge < -0.3 is 4.98 Å². The van der Waals surface area contributed by atoms with Gasteiger partial charge in [0.15, 0.2) is 0 Å². The van der Waals surface area contributed by atoms with E-state index in [1.165, 1.54) is 10.9 Å². The third kappa shape index (κ3) is 1.53. The molecule has 0 fully saturated rings. The van der Waals surface area contributed by atoms with E-state index in [1.807, 2.05) is 18.2 Å². The van der Waals surface area contributed by atoms with Crippen molar-refractivity contribution in [2.24, 2.45) is 0 Å². The van der Waals surface area contributed by atoms with Crippen LogP contribution in [0.5, 0.6) is 0 Å². The summed E-state index contributed by atoms with van der Waals surface area (Å²) >= 11 is 5.98. The Labute approximate surface area is 89.1 Å². The van der Waals surface area contributed by atoms with Crippen LogP contribution in [0.25, 0.3) is 10.9 Å². The molecule has 74 valence electrons. The van der Waals surface area contributed by atoms with Crippen LogP contribution < -0.4 is 0 Å². The van der Waals surface area contributed by atoms with Crippen molar-refractivity contribution in [3.05, 3.63) is 35.0 Å². The van der Waals surface area contributed by atoms with E-state index >= 15 is 0 Å². The Morgan fingerprint density at radius 1 is 1.21 bits per heavy atom. The molecule has 0 radical (unpaired) electrons. The van der Waals surface area contributed by atoms with Crippen molar-refractivity contribution in [2.45, 2.75) is 26.2 Å². The molecule has 1 aromatic heterocycles. The highest BCUT2D eigenvalue weighted by Crippen LogP contribution is 2.31. The second-order valence-electron chi connectivity index (χ2n) is 4.64. The summed E-state index contributed by atoms with van der Waals surface area (Å²) in [4.78, 5) is 3.26. The van der Waals surface area contributed by atoms with E-state index in [9.17, 15) is 0 Å². The average Bonchev–Trinajstić information content (AvgIpc) is 2.45. The zero-order chi connectivity index (χ0) is 10.3. The first-order chi connectivity index (χ1) is 6.48. The van der Waals surface area contributed by atoms with Crippen LogP contribution in [0, 0.1) is 0 Å². The monoisotopic (exact) mass is 207 g/mol. The number of hydrogen-bond donors (Lipinski definition) is 1. The fourth-order valence-electron chi connectivity index (χ4n) is 1.71. The molecule has 0 saturated heterocycles. The first-order valence-corrected chi connectivity index (χ1v) is 5.13. The second kappa shape index (κ2) is 3.03. The standard InChI is InChI=1S/C12H14ClN/c1-12(2,3)10-7-14-11-5-4-8(13)6-9(10)11/h4-7,14H,1-3H3. The van der Waals surface area contributed by atoms with Crippen LogP contribution in [0.15, 0.2) is 24.4 Å². The van der Waals surface area contributed by atoms with Crippen molar-refractivity contribution < 1.29 is 0 Å². The Kier molecular flexibility index (Phi) is 2.07. The summed E-state index contributed by atoms with van der Waals surface area (Å²) < 4.78 is 0. The maximum atomic E-state index is 5.98. The minimum absolute atomic E-state index is 0.156. The highest BCUT2D eigenvalue weighted by atomic mass is 35.5. The van der Waals surface area contributed by atoms with Crippen molar-refractivity contribution in [1.29, 1.82) is 0 Å². The van der Waals surface area contributed by atoms with Crippen LogP contribution >= 0.6 is 11.6 Å². The molecule has 0 unspecified atom stereocenters. The van der Waals surface area contributed by atoms with Gasteiger partial charge in [-0.1, -0.05) is 32.4 Å². The highest BCUT2D eigenvalue weighted by molar-refractivity contribution is 6.31. The molecule has 0 aliphatic heterocycles. The lowest BCUT2D eigenvalue weighted by molar-refractivity contribution is 0.596. The largest absolute Gasteiger partial charge is 0.361 e. The molecule has 1 N–H and O–H groups in total. The van der Waals surface area contributed by atoms with E-state index in [4.69, 9.17) is 11.6 Å². The number of halogens is 1. The molecule has 0 bridgehead atoms. The third-order valence-corrected chi connectivity index (χ3v) is 2.69. The summed E-state index contributed by atoms with van der Waals surface area (Å²) in [5, 5.41) is 2.02. The number of aromatic amines is 1. The van der Waals surface area contributed by atoms with Gasteiger partial charge in [-0.05, 0) is 29.2 Å². The average molecular weight is 208 g/mol. The Hall–Kier alpha value is -0.950. The van der Waals surface area contributed by atoms with Gasteiger partial charge >= 0.3 is 0 Å². The van der Waals surface area contributed by atoms with Gasteiger partial charge in [0.25, 0.3) is 0 Å². The summed E-state index contributed by atoms with van der Waals surface area (Å²) in [5.41, 5.74) is 2.62. The first-order valence-electron chi connectivity index (χ1n) is 4.75. The fraction of sp³-hybridized carbons (Fsp3) is 0.333. The van der Waals surface area contributed by atoms with Crippen molar-refractivity contribution in [3.8, 4) is 0 Å². The lowest BCUT2D eigenvalue weighted by Crippen LogP contribution is -2.09. The van der Waals surface area contributed by atoms with Crippen molar-refractivity contribution in [1.82, 2.24) is 4.98 Å². The summed E-state index contributed by atoms with van der Waals surface area (Å²) in [7, 11) is 0. The van der Waals surface area contributed by atoms with Gasteiger partial charge in [0, 0.05) is 22.1 Å². The number of fused-ring (bicyclic) bond motifs is 1. The summed E-state index contributed by atoms with van der Waals surface area (Å²) in [6.07, 6.45) is 2.07. The number of hydrogen-bond acceptors (Lipinski definition) is 0. The minimum atomic E-state index is 0.156. The molecule has 1 heterocycles. The third-order valence-electron chi connectivity index (χ3n) is 2.45. The maximum Gasteiger partial charge on any atom is 0.0458 e. The fourth-order valence-corrected chi connectivity index (χ4v) is 1.89. The molecule has 2 aromatic rings. The van der Waals surface area contributed by atoms with Gasteiger partial charge in [0.05, 0.1) is 0 Å². The Morgan fingerprint density at radius 3 is 2.57 bits per heavy atom. The lowest BCUT2D eigenvalue weighted by atomic mass is 9.87. The molecule has 0 aliphatic carbocycles. The molecule has 2 heteroatoms. The molecule has 0 atom stereocenters. The van der Waals surface area contributed by atoms with Gasteiger partial charge in [-0.3, -0.25) is 0 Å². The maximum absolute atomic E-state index is 5.98. The predicted molar refractivity (Wildman–Crippen MR) is 62.0 cm³/mol. The normalized spacial score (nSPS) is 12.3. The van der Waals surface area contributed by atoms with E-state index in [1.54, 1.807) is 0 Å². The van der Waals surface area contributed by atoms with Crippen LogP contribution in [0.3, 0.4) is 0 Å². The Bertz CT molecular complexity index is 463. The van der Waals surface area contributed by atoms with Crippen LogP contribution in [0.4, 0.5) is 0 Å². The van der Waals surface area contributed by atoms with Gasteiger partial charge in [-0.2, -0.15) is 0 Å². The quantitative estimate of drug-likeness (QED) is 0.669. The van der Waals surface area contributed by atoms with Crippen molar-refractivity contribution >= 4 is 22.5 Å². The zero-order valence-corrected chi connectivity index (χ0v) is 9.44. The van der Waals surface area contributed by atoms with Gasteiger partial charge in [0.2, 0.25) is 0 Å². The molecule has 0 aliphatic rings. The molecule has 2 rings (SSSR count). The second-order valence-corrected chi connectivity index (χ2v) is 5.08. The van der Waals surface area contributed by atoms with Gasteiger partial charge in [-0.25, -0.2) is 0 Å². The van der Waals surface area contributed by atoms with Crippen LogP contribution in [-0.2, 0) is 5.41 Å². The summed E-state index contributed by atoms with van der Waals surface area (Å²) in [6.45, 7) is 6.61. The Balaban J connectivity index is 2.73. The zero-order valence-electron chi connectivity index (χ0n) is 8.69. The molecular weight excluding hydrogens is 194 g/mol. The number of rotatable bonds is 0. The molecule has 0 amide bonds. The first kappa shape index (κ1) is 9.60. The predicted octanol–water partition coefficient (Wildman–Crippen LogP) is 4.12. The van der Waals surface area contributed by atoms with Crippen LogP contribution in [-0.4, -0.2) is 4.98 Å². The Morgan fingerprint density at radius 2 is 1.93 bits per heavy atom. The molecular formula is C12H14ClN. The topological polar surface area (TPSA) is 15.8 Å². The highest BCUT2D eigenvalue weighted by Gasteiger charge is 2.17. The SMILES string of the molecule is CC(C)(C)c1c[nH]c2ccc(Cl)cc12. The molecule has 0 spiro atoms. The minimum Gasteiger partial charge on any atom is -0.361 e. The number of benzene rings is 1. The van der Waals surface area contributed by atoms with E-state index < -0.39 is 0 Å². The van der Waals surface area contributed by atoms with Crippen LogP contribution in [0.2, 0.25) is 5.02 Å². The van der Waals surface area contributed by atoms with Crippen molar-refractivity contribution in [2.75, 3.05) is 0 Å². The molecule has 1 aromatic carbocycles. The lowest BCUT2D eigenvalue weighted by Gasteiger charge is -2.17. The van der Waals surface area contributed by atoms with E-state index in [2.05, 4.69) is 32.0 Å². The summed E-state index contributed by atoms with van der Waals surface area (Å²) in [6, 6.07) is 5.95. The van der Waals surface area contributed by atoms with Crippen LogP contribution in [0.1, 0.15) is 26.3 Å². The van der Waals surface area contributed by atoms with E-state index in [0.29, 0.717) is 0 Å². The van der Waals surface area contributed by atoms with Gasteiger partial charge in [0.1, 0.15) is 0 Å². The number of aromatic nitrogens is 1. The number of H-pyrrole nitrogens is 1. The van der Waals surface area contributed by atoms with E-state index in [-0.39, 0.29) is 5.41 Å². The van der Waals surface area contributed by atoms with Gasteiger partial charge in [-0.15, -0.1) is 0 Å². The number of nitrogens with one attached hydrogen (secondary N) is 1. The van der Waals surface area contributed by atoms with Crippen molar-refractivity contribution in [3.63, 3.8) is 0 Å².